The molecule has 1 heterocycles. The van der Waals surface area contributed by atoms with Crippen molar-refractivity contribution in [3.8, 4) is 0 Å². The van der Waals surface area contributed by atoms with E-state index in [1.54, 1.807) is 35.6 Å². The van der Waals surface area contributed by atoms with Crippen molar-refractivity contribution in [1.29, 1.82) is 0 Å². The maximum absolute atomic E-state index is 12.8. The molecule has 0 fully saturated rings. The van der Waals surface area contributed by atoms with Crippen molar-refractivity contribution >= 4 is 43.3 Å². The van der Waals surface area contributed by atoms with Gasteiger partial charge >= 0.3 is 5.97 Å². The van der Waals surface area contributed by atoms with Crippen molar-refractivity contribution in [3.63, 3.8) is 0 Å². The van der Waals surface area contributed by atoms with E-state index in [0.29, 0.717) is 5.56 Å². The van der Waals surface area contributed by atoms with Crippen LogP contribution in [0.15, 0.2) is 66.7 Å². The molecular weight excluding hydrogens is 320 g/mol. The minimum absolute atomic E-state index is 0.0268. The summed E-state index contributed by atoms with van der Waals surface area (Å²) in [6.07, 6.45) is 0. The molecule has 0 aliphatic heterocycles. The molecule has 0 spiro atoms. The van der Waals surface area contributed by atoms with Crippen LogP contribution in [0.2, 0.25) is 0 Å². The van der Waals surface area contributed by atoms with Crippen LogP contribution in [0.4, 0.5) is 0 Å². The molecule has 116 valence electrons. The van der Waals surface area contributed by atoms with E-state index in [2.05, 4.69) is 12.1 Å². The molecule has 0 radical (unpaired) electrons. The zero-order valence-electron chi connectivity index (χ0n) is 12.5. The molecular formula is C20H12O3S. The second kappa shape index (κ2) is 5.58. The lowest BCUT2D eigenvalue weighted by Crippen LogP contribution is -2.09. The first kappa shape index (κ1) is 14.6. The van der Waals surface area contributed by atoms with Gasteiger partial charge < -0.3 is 5.11 Å². The van der Waals surface area contributed by atoms with Crippen molar-refractivity contribution in [1.82, 2.24) is 0 Å². The minimum atomic E-state index is -1.10. The van der Waals surface area contributed by atoms with Crippen molar-refractivity contribution in [2.24, 2.45) is 0 Å². The summed E-state index contributed by atoms with van der Waals surface area (Å²) in [6, 6.07) is 20.0. The van der Waals surface area contributed by atoms with Crippen LogP contribution < -0.4 is 0 Å². The molecule has 0 aliphatic rings. The Kier molecular flexibility index (Phi) is 3.40. The highest BCUT2D eigenvalue weighted by Gasteiger charge is 2.18. The fourth-order valence-electron chi connectivity index (χ4n) is 2.89. The summed E-state index contributed by atoms with van der Waals surface area (Å²) in [5, 5.41) is 11.6. The van der Waals surface area contributed by atoms with Crippen LogP contribution in [0.3, 0.4) is 0 Å². The Bertz CT molecular complexity index is 1110. The highest BCUT2D eigenvalue weighted by Crippen LogP contribution is 2.34. The first-order chi connectivity index (χ1) is 11.6. The quantitative estimate of drug-likeness (QED) is 0.538. The number of aromatic carboxylic acids is 1. The van der Waals surface area contributed by atoms with Crippen LogP contribution in [-0.4, -0.2) is 16.9 Å². The number of carboxylic acid groups (broad SMARTS) is 1. The van der Waals surface area contributed by atoms with Gasteiger partial charge in [0.15, 0.2) is 5.78 Å². The average Bonchev–Trinajstić information content (AvgIpc) is 2.98. The third kappa shape index (κ3) is 2.28. The van der Waals surface area contributed by atoms with Gasteiger partial charge in [-0.1, -0.05) is 48.5 Å². The third-order valence-corrected chi connectivity index (χ3v) is 5.18. The van der Waals surface area contributed by atoms with Gasteiger partial charge in [-0.05, 0) is 18.2 Å². The monoisotopic (exact) mass is 332 g/mol. The zero-order valence-corrected chi connectivity index (χ0v) is 13.3. The third-order valence-electron chi connectivity index (χ3n) is 4.04. The lowest BCUT2D eigenvalue weighted by molar-refractivity contribution is 0.0693. The van der Waals surface area contributed by atoms with Crippen LogP contribution in [-0.2, 0) is 0 Å². The van der Waals surface area contributed by atoms with Gasteiger partial charge in [0.05, 0.1) is 5.56 Å². The molecule has 4 aromatic rings. The van der Waals surface area contributed by atoms with Gasteiger partial charge in [-0.25, -0.2) is 4.79 Å². The van der Waals surface area contributed by atoms with Crippen LogP contribution in [0.25, 0.3) is 20.2 Å². The molecule has 24 heavy (non-hydrogen) atoms. The molecule has 0 atom stereocenters. The Morgan fingerprint density at radius 1 is 0.750 bits per heavy atom. The number of thiophene rings is 1. The number of carbonyl (C=O) groups excluding carboxylic acids is 1. The molecule has 3 aromatic carbocycles. The van der Waals surface area contributed by atoms with E-state index in [1.165, 1.54) is 16.2 Å². The summed E-state index contributed by atoms with van der Waals surface area (Å²) < 4.78 is 2.19. The van der Waals surface area contributed by atoms with E-state index in [-0.39, 0.29) is 16.9 Å². The van der Waals surface area contributed by atoms with Crippen molar-refractivity contribution < 1.29 is 14.7 Å². The van der Waals surface area contributed by atoms with Gasteiger partial charge in [-0.15, -0.1) is 11.3 Å². The average molecular weight is 332 g/mol. The molecule has 0 saturated heterocycles. The number of benzene rings is 3. The molecule has 3 nitrogen and oxygen atoms in total. The van der Waals surface area contributed by atoms with Crippen LogP contribution in [0.5, 0.6) is 0 Å². The lowest BCUT2D eigenvalue weighted by atomic mass is 9.97. The smallest absolute Gasteiger partial charge is 0.336 e. The fraction of sp³-hybridized carbons (Fsp3) is 0. The van der Waals surface area contributed by atoms with Gasteiger partial charge in [-0.3, -0.25) is 4.79 Å². The molecule has 0 bridgehead atoms. The highest BCUT2D eigenvalue weighted by atomic mass is 32.1. The standard InChI is InChI=1S/C20H12O3S/c21-19(15-6-1-2-7-16(15)20(22)23)12-9-10-14-13-5-3-4-8-17(13)24-18(14)11-12/h1-11H,(H,22,23). The number of ketones is 1. The van der Waals surface area contributed by atoms with Crippen LogP contribution in [0.1, 0.15) is 26.3 Å². The summed E-state index contributed by atoms with van der Waals surface area (Å²) >= 11 is 1.63. The molecule has 0 unspecified atom stereocenters. The van der Waals surface area contributed by atoms with E-state index in [1.807, 2.05) is 24.3 Å². The number of hydrogen-bond acceptors (Lipinski definition) is 3. The second-order valence-electron chi connectivity index (χ2n) is 5.49. The molecule has 4 heteroatoms. The highest BCUT2D eigenvalue weighted by molar-refractivity contribution is 7.25. The summed E-state index contributed by atoms with van der Waals surface area (Å²) in [7, 11) is 0. The number of hydrogen-bond donors (Lipinski definition) is 1. The SMILES string of the molecule is O=C(O)c1ccccc1C(=O)c1ccc2c(c1)sc1ccccc12. The summed E-state index contributed by atoms with van der Waals surface area (Å²) in [4.78, 5) is 24.1. The second-order valence-corrected chi connectivity index (χ2v) is 6.57. The summed E-state index contributed by atoms with van der Waals surface area (Å²) in [5.41, 5.74) is 0.743. The molecule has 4 rings (SSSR count). The summed E-state index contributed by atoms with van der Waals surface area (Å²) in [6.45, 7) is 0. The van der Waals surface area contributed by atoms with E-state index in [4.69, 9.17) is 0 Å². The fourth-order valence-corrected chi connectivity index (χ4v) is 4.04. The molecule has 1 N–H and O–H groups in total. The van der Waals surface area contributed by atoms with Crippen molar-refractivity contribution in [2.75, 3.05) is 0 Å². The maximum atomic E-state index is 12.8. The Labute approximate surface area is 141 Å². The van der Waals surface area contributed by atoms with E-state index in [0.717, 1.165) is 10.1 Å². The number of fused-ring (bicyclic) bond motifs is 3. The predicted molar refractivity (Wildman–Crippen MR) is 96.2 cm³/mol. The van der Waals surface area contributed by atoms with Gasteiger partial charge in [0.2, 0.25) is 0 Å². The lowest BCUT2D eigenvalue weighted by Gasteiger charge is -2.05. The number of carboxylic acids is 1. The zero-order chi connectivity index (χ0) is 16.7. The normalized spacial score (nSPS) is 11.0. The number of carbonyl (C=O) groups is 2. The van der Waals surface area contributed by atoms with Gasteiger partial charge in [0, 0.05) is 31.3 Å². The Morgan fingerprint density at radius 2 is 1.42 bits per heavy atom. The molecule has 1 aromatic heterocycles. The first-order valence-corrected chi connectivity index (χ1v) is 8.25. The Balaban J connectivity index is 1.86. The largest absolute Gasteiger partial charge is 0.478 e. The first-order valence-electron chi connectivity index (χ1n) is 7.43. The Hall–Kier alpha value is -2.98. The van der Waals surface area contributed by atoms with Gasteiger partial charge in [-0.2, -0.15) is 0 Å². The van der Waals surface area contributed by atoms with E-state index < -0.39 is 5.97 Å². The topological polar surface area (TPSA) is 54.4 Å². The van der Waals surface area contributed by atoms with Crippen LogP contribution >= 0.6 is 11.3 Å². The number of rotatable bonds is 3. The van der Waals surface area contributed by atoms with Crippen molar-refractivity contribution in [3.05, 3.63) is 83.4 Å². The van der Waals surface area contributed by atoms with E-state index in [9.17, 15) is 14.7 Å². The van der Waals surface area contributed by atoms with Crippen LogP contribution in [0, 0.1) is 0 Å². The maximum Gasteiger partial charge on any atom is 0.336 e. The Morgan fingerprint density at radius 3 is 2.21 bits per heavy atom. The van der Waals surface area contributed by atoms with Gasteiger partial charge in [0.1, 0.15) is 0 Å². The molecule has 0 amide bonds. The van der Waals surface area contributed by atoms with E-state index >= 15 is 0 Å². The van der Waals surface area contributed by atoms with Gasteiger partial charge in [0.25, 0.3) is 0 Å². The minimum Gasteiger partial charge on any atom is -0.478 e. The molecule has 0 saturated carbocycles. The van der Waals surface area contributed by atoms with Crippen molar-refractivity contribution in [2.45, 2.75) is 0 Å². The predicted octanol–water partition coefficient (Wildman–Crippen LogP) is 4.98. The summed E-state index contributed by atoms with van der Waals surface area (Å²) in [5.74, 6) is -1.37. The molecule has 0 aliphatic carbocycles.